The number of carboxylic acid groups (broad SMARTS) is 1. The minimum atomic E-state index is -0.973. The van der Waals surface area contributed by atoms with Gasteiger partial charge in [-0.2, -0.15) is 0 Å². The molecule has 2 aromatic rings. The minimum absolute atomic E-state index is 0.120. The summed E-state index contributed by atoms with van der Waals surface area (Å²) >= 11 is 0. The van der Waals surface area contributed by atoms with E-state index in [0.717, 1.165) is 10.8 Å². The van der Waals surface area contributed by atoms with Crippen molar-refractivity contribution in [3.05, 3.63) is 42.0 Å². The molecule has 0 aromatic heterocycles. The number of nitrogens with zero attached hydrogens (tertiary/aromatic N) is 1. The molecule has 2 N–H and O–H groups in total. The number of hydrogen-bond acceptors (Lipinski definition) is 3. The molecule has 0 unspecified atom stereocenters. The molecule has 0 aliphatic heterocycles. The molecule has 0 fully saturated rings. The Labute approximate surface area is 123 Å². The summed E-state index contributed by atoms with van der Waals surface area (Å²) in [4.78, 5) is 15.4. The molecule has 2 aromatic carbocycles. The number of rotatable bonds is 3. The van der Waals surface area contributed by atoms with Crippen LogP contribution in [0.15, 0.2) is 41.4 Å². The molecule has 2 rings (SSSR count). The van der Waals surface area contributed by atoms with Crippen molar-refractivity contribution >= 4 is 23.0 Å². The number of phenols is 1. The summed E-state index contributed by atoms with van der Waals surface area (Å²) in [5.74, 6) is -0.853. The summed E-state index contributed by atoms with van der Waals surface area (Å²) < 4.78 is 0. The average Bonchev–Trinajstić information content (AvgIpc) is 2.40. The van der Waals surface area contributed by atoms with Gasteiger partial charge in [-0.15, -0.1) is 0 Å². The van der Waals surface area contributed by atoms with E-state index in [0.29, 0.717) is 5.56 Å². The van der Waals surface area contributed by atoms with Crippen molar-refractivity contribution in [3.8, 4) is 5.75 Å². The highest BCUT2D eigenvalue weighted by molar-refractivity contribution is 5.97. The van der Waals surface area contributed by atoms with Gasteiger partial charge in [0.15, 0.2) is 6.04 Å². The molecule has 0 saturated heterocycles. The summed E-state index contributed by atoms with van der Waals surface area (Å²) in [6.45, 7) is 5.47. The zero-order valence-corrected chi connectivity index (χ0v) is 12.4. The molecule has 4 nitrogen and oxygen atoms in total. The number of carboxylic acids is 1. The lowest BCUT2D eigenvalue weighted by Gasteiger charge is -2.23. The Morgan fingerprint density at radius 3 is 2.48 bits per heavy atom. The standard InChI is InChI=1S/C17H19NO3/c1-17(2,3)15(16(20)21)18-10-12-9-8-11-6-4-5-7-13(11)14(12)19/h4-10,15,19H,1-3H3,(H,20,21)/t15-/m1/s1. The van der Waals surface area contributed by atoms with Gasteiger partial charge in [0, 0.05) is 17.2 Å². The molecule has 4 heteroatoms. The molecule has 0 saturated carbocycles. The second-order valence-electron chi connectivity index (χ2n) is 6.11. The van der Waals surface area contributed by atoms with Crippen molar-refractivity contribution in [1.29, 1.82) is 0 Å². The fourth-order valence-electron chi connectivity index (χ4n) is 2.19. The van der Waals surface area contributed by atoms with E-state index in [1.807, 2.05) is 51.1 Å². The monoisotopic (exact) mass is 285 g/mol. The maximum Gasteiger partial charge on any atom is 0.328 e. The smallest absolute Gasteiger partial charge is 0.328 e. The van der Waals surface area contributed by atoms with Crippen LogP contribution in [0.5, 0.6) is 5.75 Å². The Kier molecular flexibility index (Phi) is 3.98. The topological polar surface area (TPSA) is 69.9 Å². The number of fused-ring (bicyclic) bond motifs is 1. The van der Waals surface area contributed by atoms with E-state index in [4.69, 9.17) is 0 Å². The van der Waals surface area contributed by atoms with Gasteiger partial charge < -0.3 is 10.2 Å². The molecule has 0 spiro atoms. The van der Waals surface area contributed by atoms with Crippen molar-refractivity contribution in [2.24, 2.45) is 10.4 Å². The summed E-state index contributed by atoms with van der Waals surface area (Å²) in [7, 11) is 0. The van der Waals surface area contributed by atoms with E-state index in [2.05, 4.69) is 4.99 Å². The van der Waals surface area contributed by atoms with Crippen molar-refractivity contribution in [1.82, 2.24) is 0 Å². The second-order valence-corrected chi connectivity index (χ2v) is 6.11. The Bertz CT molecular complexity index is 699. The second kappa shape index (κ2) is 5.56. The minimum Gasteiger partial charge on any atom is -0.507 e. The lowest BCUT2D eigenvalue weighted by atomic mass is 9.87. The fraction of sp³-hybridized carbons (Fsp3) is 0.294. The Morgan fingerprint density at radius 1 is 1.19 bits per heavy atom. The average molecular weight is 285 g/mol. The van der Waals surface area contributed by atoms with Crippen molar-refractivity contribution in [3.63, 3.8) is 0 Å². The number of aliphatic imine (C=N–C) groups is 1. The Balaban J connectivity index is 2.41. The van der Waals surface area contributed by atoms with E-state index >= 15 is 0 Å². The van der Waals surface area contributed by atoms with Crippen molar-refractivity contribution in [2.75, 3.05) is 0 Å². The van der Waals surface area contributed by atoms with Crippen LogP contribution in [0.4, 0.5) is 0 Å². The van der Waals surface area contributed by atoms with Gasteiger partial charge in [-0.05, 0) is 16.9 Å². The van der Waals surface area contributed by atoms with E-state index in [-0.39, 0.29) is 5.75 Å². The Hall–Kier alpha value is -2.36. The number of benzene rings is 2. The third-order valence-electron chi connectivity index (χ3n) is 3.35. The number of hydrogen-bond donors (Lipinski definition) is 2. The number of aliphatic carboxylic acids is 1. The summed E-state index contributed by atoms with van der Waals surface area (Å²) in [5.41, 5.74) is 0.0265. The first-order valence-corrected chi connectivity index (χ1v) is 6.77. The van der Waals surface area contributed by atoms with Gasteiger partial charge in [0.2, 0.25) is 0 Å². The number of phenolic OH excluding ortho intramolecular Hbond substituents is 1. The van der Waals surface area contributed by atoms with Crippen LogP contribution in [0.25, 0.3) is 10.8 Å². The van der Waals surface area contributed by atoms with E-state index < -0.39 is 17.4 Å². The van der Waals surface area contributed by atoms with Gasteiger partial charge in [0.1, 0.15) is 5.75 Å². The summed E-state index contributed by atoms with van der Waals surface area (Å²) in [6.07, 6.45) is 1.44. The van der Waals surface area contributed by atoms with E-state index in [1.165, 1.54) is 6.21 Å². The normalized spacial score (nSPS) is 13.7. The van der Waals surface area contributed by atoms with Crippen LogP contribution in [-0.2, 0) is 4.79 Å². The molecule has 110 valence electrons. The third-order valence-corrected chi connectivity index (χ3v) is 3.35. The van der Waals surface area contributed by atoms with Crippen LogP contribution in [-0.4, -0.2) is 28.4 Å². The molecule has 0 bridgehead atoms. The van der Waals surface area contributed by atoms with Gasteiger partial charge in [0.25, 0.3) is 0 Å². The van der Waals surface area contributed by atoms with Gasteiger partial charge in [-0.3, -0.25) is 4.99 Å². The summed E-state index contributed by atoms with van der Waals surface area (Å²) in [5, 5.41) is 21.2. The predicted octanol–water partition coefficient (Wildman–Crippen LogP) is 3.46. The Morgan fingerprint density at radius 2 is 1.86 bits per heavy atom. The highest BCUT2D eigenvalue weighted by Crippen LogP contribution is 2.28. The zero-order valence-electron chi connectivity index (χ0n) is 12.4. The SMILES string of the molecule is CC(C)(C)[C@H](N=Cc1ccc2ccccc2c1O)C(=O)O. The van der Waals surface area contributed by atoms with E-state index in [9.17, 15) is 15.0 Å². The molecule has 0 aliphatic carbocycles. The highest BCUT2D eigenvalue weighted by Gasteiger charge is 2.30. The van der Waals surface area contributed by atoms with Crippen LogP contribution in [0.2, 0.25) is 0 Å². The molecule has 0 heterocycles. The molecule has 1 atom stereocenters. The van der Waals surface area contributed by atoms with Gasteiger partial charge in [-0.25, -0.2) is 4.79 Å². The summed E-state index contributed by atoms with van der Waals surface area (Å²) in [6, 6.07) is 10.2. The maximum atomic E-state index is 11.3. The lowest BCUT2D eigenvalue weighted by molar-refractivity contribution is -0.140. The molecule has 0 radical (unpaired) electrons. The van der Waals surface area contributed by atoms with Gasteiger partial charge >= 0.3 is 5.97 Å². The first-order chi connectivity index (χ1) is 9.80. The fourth-order valence-corrected chi connectivity index (χ4v) is 2.19. The van der Waals surface area contributed by atoms with E-state index in [1.54, 1.807) is 6.07 Å². The molecular weight excluding hydrogens is 266 g/mol. The van der Waals surface area contributed by atoms with Crippen LogP contribution >= 0.6 is 0 Å². The lowest BCUT2D eigenvalue weighted by Crippen LogP contribution is -2.32. The zero-order chi connectivity index (χ0) is 15.6. The van der Waals surface area contributed by atoms with Crippen molar-refractivity contribution in [2.45, 2.75) is 26.8 Å². The van der Waals surface area contributed by atoms with Crippen LogP contribution in [0.1, 0.15) is 26.3 Å². The first kappa shape index (κ1) is 15.0. The van der Waals surface area contributed by atoms with Crippen LogP contribution in [0, 0.1) is 5.41 Å². The highest BCUT2D eigenvalue weighted by atomic mass is 16.4. The van der Waals surface area contributed by atoms with Crippen LogP contribution < -0.4 is 0 Å². The molecule has 0 aliphatic rings. The molecule has 21 heavy (non-hydrogen) atoms. The quantitative estimate of drug-likeness (QED) is 0.848. The number of carbonyl (C=O) groups is 1. The van der Waals surface area contributed by atoms with Crippen molar-refractivity contribution < 1.29 is 15.0 Å². The number of aromatic hydroxyl groups is 1. The molecule has 0 amide bonds. The van der Waals surface area contributed by atoms with Gasteiger partial charge in [0.05, 0.1) is 0 Å². The predicted molar refractivity (Wildman–Crippen MR) is 84.1 cm³/mol. The first-order valence-electron chi connectivity index (χ1n) is 6.77. The van der Waals surface area contributed by atoms with Gasteiger partial charge in [-0.1, -0.05) is 51.1 Å². The largest absolute Gasteiger partial charge is 0.507 e. The molecular formula is C17H19NO3. The third kappa shape index (κ3) is 3.21. The maximum absolute atomic E-state index is 11.3. The van der Waals surface area contributed by atoms with Crippen LogP contribution in [0.3, 0.4) is 0 Å².